The van der Waals surface area contributed by atoms with Crippen LogP contribution < -0.4 is 5.32 Å². The molecular weight excluding hydrogens is 302 g/mol. The zero-order chi connectivity index (χ0) is 17.0. The molecular formula is C16H18F2N4O. The Morgan fingerprint density at radius 3 is 2.70 bits per heavy atom. The summed E-state index contributed by atoms with van der Waals surface area (Å²) in [4.78, 5) is 5.84. The number of anilines is 1. The molecule has 7 heteroatoms. The van der Waals surface area contributed by atoms with Gasteiger partial charge in [-0.3, -0.25) is 0 Å². The number of hydrogen-bond donors (Lipinski definition) is 1. The first-order valence-corrected chi connectivity index (χ1v) is 7.21. The number of halogens is 2. The van der Waals surface area contributed by atoms with Gasteiger partial charge in [0.2, 0.25) is 11.6 Å². The van der Waals surface area contributed by atoms with E-state index in [1.807, 2.05) is 13.0 Å². The fraction of sp³-hybridized carbons (Fsp3) is 0.375. The lowest BCUT2D eigenvalue weighted by molar-refractivity contribution is 0.302. The standard InChI is InChI=1S/C16H18F2N4O/c1-4-15-21-13(8-19)16(23-15)20-9-14(22(2)3)11-6-5-10(17)7-12(11)18/h5-7,14,20H,4,9H2,1-3H3/t14-/m1/s1. The zero-order valence-electron chi connectivity index (χ0n) is 13.2. The highest BCUT2D eigenvalue weighted by Crippen LogP contribution is 2.24. The normalized spacial score (nSPS) is 12.2. The van der Waals surface area contributed by atoms with Crippen molar-refractivity contribution in [3.63, 3.8) is 0 Å². The van der Waals surface area contributed by atoms with Crippen LogP contribution in [0.2, 0.25) is 0 Å². The maximum Gasteiger partial charge on any atom is 0.232 e. The Hall–Kier alpha value is -2.46. The number of benzene rings is 1. The van der Waals surface area contributed by atoms with Crippen LogP contribution in [-0.4, -0.2) is 30.5 Å². The summed E-state index contributed by atoms with van der Waals surface area (Å²) in [5.41, 5.74) is 0.525. The lowest BCUT2D eigenvalue weighted by atomic mass is 10.1. The van der Waals surface area contributed by atoms with Gasteiger partial charge in [0.1, 0.15) is 17.7 Å². The lowest BCUT2D eigenvalue weighted by Crippen LogP contribution is -2.27. The van der Waals surface area contributed by atoms with E-state index in [-0.39, 0.29) is 24.2 Å². The molecule has 0 saturated heterocycles. The molecule has 0 fully saturated rings. The fourth-order valence-corrected chi connectivity index (χ4v) is 2.24. The van der Waals surface area contributed by atoms with Crippen LogP contribution >= 0.6 is 0 Å². The molecule has 0 unspecified atom stereocenters. The number of aryl methyl sites for hydroxylation is 1. The highest BCUT2D eigenvalue weighted by molar-refractivity contribution is 5.45. The first kappa shape index (κ1) is 16.9. The van der Waals surface area contributed by atoms with Crippen molar-refractivity contribution in [2.45, 2.75) is 19.4 Å². The Kier molecular flexibility index (Phi) is 5.29. The van der Waals surface area contributed by atoms with E-state index >= 15 is 0 Å². The van der Waals surface area contributed by atoms with Crippen LogP contribution in [0.15, 0.2) is 22.6 Å². The Balaban J connectivity index is 2.21. The number of likely N-dealkylation sites (N-methyl/N-ethyl adjacent to an activating group) is 1. The monoisotopic (exact) mass is 320 g/mol. The second-order valence-corrected chi connectivity index (χ2v) is 5.28. The quantitative estimate of drug-likeness (QED) is 0.886. The summed E-state index contributed by atoms with van der Waals surface area (Å²) in [6.07, 6.45) is 0.570. The predicted octanol–water partition coefficient (Wildman–Crippen LogP) is 3.10. The van der Waals surface area contributed by atoms with E-state index < -0.39 is 11.6 Å². The van der Waals surface area contributed by atoms with E-state index in [1.54, 1.807) is 19.0 Å². The highest BCUT2D eigenvalue weighted by atomic mass is 19.1. The SMILES string of the molecule is CCc1nc(C#N)c(NC[C@H](c2ccc(F)cc2F)N(C)C)o1. The Morgan fingerprint density at radius 1 is 1.39 bits per heavy atom. The second-order valence-electron chi connectivity index (χ2n) is 5.28. The van der Waals surface area contributed by atoms with Crippen molar-refractivity contribution >= 4 is 5.88 Å². The van der Waals surface area contributed by atoms with Gasteiger partial charge in [-0.15, -0.1) is 0 Å². The number of oxazole rings is 1. The van der Waals surface area contributed by atoms with Gasteiger partial charge in [-0.25, -0.2) is 13.8 Å². The van der Waals surface area contributed by atoms with Crippen LogP contribution in [-0.2, 0) is 6.42 Å². The van der Waals surface area contributed by atoms with Crippen molar-refractivity contribution in [3.8, 4) is 6.07 Å². The maximum absolute atomic E-state index is 14.0. The van der Waals surface area contributed by atoms with Crippen LogP contribution in [0, 0.1) is 23.0 Å². The molecule has 5 nitrogen and oxygen atoms in total. The van der Waals surface area contributed by atoms with Gasteiger partial charge in [0.15, 0.2) is 5.89 Å². The summed E-state index contributed by atoms with van der Waals surface area (Å²) in [6, 6.07) is 5.09. The van der Waals surface area contributed by atoms with Gasteiger partial charge in [-0.05, 0) is 20.2 Å². The maximum atomic E-state index is 14.0. The molecule has 2 rings (SSSR count). The van der Waals surface area contributed by atoms with Gasteiger partial charge in [0, 0.05) is 24.6 Å². The molecule has 0 amide bonds. The first-order chi connectivity index (χ1) is 11.0. The minimum atomic E-state index is -0.619. The lowest BCUT2D eigenvalue weighted by Gasteiger charge is -2.25. The molecule has 0 bridgehead atoms. The number of aromatic nitrogens is 1. The van der Waals surface area contributed by atoms with Gasteiger partial charge in [0.25, 0.3) is 0 Å². The van der Waals surface area contributed by atoms with Crippen molar-refractivity contribution in [1.82, 2.24) is 9.88 Å². The summed E-state index contributed by atoms with van der Waals surface area (Å²) >= 11 is 0. The average molecular weight is 320 g/mol. The molecule has 122 valence electrons. The molecule has 0 aliphatic heterocycles. The van der Waals surface area contributed by atoms with Crippen molar-refractivity contribution in [3.05, 3.63) is 47.0 Å². The minimum Gasteiger partial charge on any atom is -0.424 e. The van der Waals surface area contributed by atoms with Crippen molar-refractivity contribution in [1.29, 1.82) is 5.26 Å². The van der Waals surface area contributed by atoms with E-state index in [1.165, 1.54) is 12.1 Å². The number of rotatable bonds is 6. The van der Waals surface area contributed by atoms with Crippen LogP contribution in [0.5, 0.6) is 0 Å². The average Bonchev–Trinajstić information content (AvgIpc) is 2.91. The molecule has 1 N–H and O–H groups in total. The van der Waals surface area contributed by atoms with Crippen molar-refractivity contribution in [2.75, 3.05) is 26.0 Å². The minimum absolute atomic E-state index is 0.166. The first-order valence-electron chi connectivity index (χ1n) is 7.21. The summed E-state index contributed by atoms with van der Waals surface area (Å²) in [5, 5.41) is 12.1. The van der Waals surface area contributed by atoms with Crippen molar-refractivity contribution < 1.29 is 13.2 Å². The largest absolute Gasteiger partial charge is 0.424 e. The third kappa shape index (κ3) is 3.85. The van der Waals surface area contributed by atoms with Crippen molar-refractivity contribution in [2.24, 2.45) is 0 Å². The number of nitriles is 1. The van der Waals surface area contributed by atoms with E-state index in [4.69, 9.17) is 9.68 Å². The summed E-state index contributed by atoms with van der Waals surface area (Å²) < 4.78 is 32.5. The molecule has 1 heterocycles. The summed E-state index contributed by atoms with van der Waals surface area (Å²) in [6.45, 7) is 2.15. The van der Waals surface area contributed by atoms with Gasteiger partial charge >= 0.3 is 0 Å². The van der Waals surface area contributed by atoms with E-state index in [9.17, 15) is 8.78 Å². The van der Waals surface area contributed by atoms with Gasteiger partial charge < -0.3 is 14.6 Å². The van der Waals surface area contributed by atoms with Crippen LogP contribution in [0.25, 0.3) is 0 Å². The predicted molar refractivity (Wildman–Crippen MR) is 81.9 cm³/mol. The highest BCUT2D eigenvalue weighted by Gasteiger charge is 2.20. The van der Waals surface area contributed by atoms with Crippen LogP contribution in [0.4, 0.5) is 14.7 Å². The molecule has 0 aliphatic rings. The smallest absolute Gasteiger partial charge is 0.232 e. The molecule has 23 heavy (non-hydrogen) atoms. The van der Waals surface area contributed by atoms with Gasteiger partial charge in [-0.2, -0.15) is 5.26 Å². The molecule has 1 aromatic heterocycles. The third-order valence-electron chi connectivity index (χ3n) is 3.48. The van der Waals surface area contributed by atoms with Crippen LogP contribution in [0.3, 0.4) is 0 Å². The van der Waals surface area contributed by atoms with Crippen LogP contribution in [0.1, 0.15) is 30.1 Å². The Labute approximate surface area is 133 Å². The Bertz CT molecular complexity index is 721. The molecule has 0 radical (unpaired) electrons. The Morgan fingerprint density at radius 2 is 2.13 bits per heavy atom. The number of hydrogen-bond acceptors (Lipinski definition) is 5. The van der Waals surface area contributed by atoms with Gasteiger partial charge in [-0.1, -0.05) is 13.0 Å². The molecule has 0 saturated carbocycles. The topological polar surface area (TPSA) is 65.1 Å². The van der Waals surface area contributed by atoms with E-state index in [0.717, 1.165) is 6.07 Å². The summed E-state index contributed by atoms with van der Waals surface area (Å²) in [5.74, 6) is -0.513. The van der Waals surface area contributed by atoms with E-state index in [2.05, 4.69) is 10.3 Å². The molecule has 0 aliphatic carbocycles. The molecule has 1 aromatic carbocycles. The molecule has 1 atom stereocenters. The molecule has 0 spiro atoms. The van der Waals surface area contributed by atoms with E-state index in [0.29, 0.717) is 17.9 Å². The fourth-order valence-electron chi connectivity index (χ4n) is 2.24. The second kappa shape index (κ2) is 7.20. The number of nitrogens with zero attached hydrogens (tertiary/aromatic N) is 3. The van der Waals surface area contributed by atoms with Gasteiger partial charge in [0.05, 0.1) is 6.04 Å². The third-order valence-corrected chi connectivity index (χ3v) is 3.48. The summed E-state index contributed by atoms with van der Waals surface area (Å²) in [7, 11) is 3.58. The zero-order valence-corrected chi connectivity index (χ0v) is 13.2. The molecule has 2 aromatic rings. The number of nitrogens with one attached hydrogen (secondary N) is 1.